The van der Waals surface area contributed by atoms with Gasteiger partial charge < -0.3 is 15.6 Å². The molecule has 20 heavy (non-hydrogen) atoms. The summed E-state index contributed by atoms with van der Waals surface area (Å²) in [5.74, 6) is -0.257. The summed E-state index contributed by atoms with van der Waals surface area (Å²) in [4.78, 5) is 10.4. The van der Waals surface area contributed by atoms with Crippen molar-refractivity contribution in [1.82, 2.24) is 0 Å². The Morgan fingerprint density at radius 2 is 1.45 bits per heavy atom. The zero-order chi connectivity index (χ0) is 15.1. The van der Waals surface area contributed by atoms with E-state index in [1.54, 1.807) is 0 Å². The number of carboxylic acids is 1. The second-order valence-corrected chi connectivity index (χ2v) is 5.97. The van der Waals surface area contributed by atoms with Gasteiger partial charge in [0, 0.05) is 5.97 Å². The average molecular weight is 284 g/mol. The number of aliphatic carboxylic acids is 1. The van der Waals surface area contributed by atoms with Crippen LogP contribution in [-0.4, -0.2) is 12.5 Å². The highest BCUT2D eigenvalue weighted by Gasteiger charge is 2.08. The third kappa shape index (κ3) is 13.9. The molecule has 0 aliphatic heterocycles. The van der Waals surface area contributed by atoms with Crippen LogP contribution >= 0.6 is 0 Å². The molecule has 0 aromatic carbocycles. The van der Waals surface area contributed by atoms with Gasteiger partial charge in [-0.3, -0.25) is 0 Å². The maximum Gasteiger partial charge on any atom is 0.0414 e. The quantitative estimate of drug-likeness (QED) is 0.469. The molecule has 2 N–H and O–H groups in total. The fourth-order valence-electron chi connectivity index (χ4n) is 2.76. The lowest BCUT2D eigenvalue weighted by atomic mass is 9.91. The Balaban J connectivity index is 3.60. The van der Waals surface area contributed by atoms with E-state index in [1.807, 2.05) is 0 Å². The molecule has 3 nitrogen and oxygen atoms in total. The Morgan fingerprint density at radius 1 is 0.900 bits per heavy atom. The third-order valence-electron chi connectivity index (χ3n) is 4.03. The summed E-state index contributed by atoms with van der Waals surface area (Å²) in [5.41, 5.74) is 5.57. The zero-order valence-electron chi connectivity index (χ0n) is 13.4. The number of unbranched alkanes of at least 4 members (excludes halogenated alkanes) is 6. The van der Waals surface area contributed by atoms with Gasteiger partial charge >= 0.3 is 0 Å². The highest BCUT2D eigenvalue weighted by Crippen LogP contribution is 2.22. The molecule has 1 unspecified atom stereocenters. The van der Waals surface area contributed by atoms with Crippen LogP contribution in [0.5, 0.6) is 0 Å². The smallest absolute Gasteiger partial charge is 0.0414 e. The summed E-state index contributed by atoms with van der Waals surface area (Å²) in [6.07, 6.45) is 14.8. The average Bonchev–Trinajstić information content (AvgIpc) is 2.42. The largest absolute Gasteiger partial charge is 0.550 e. The van der Waals surface area contributed by atoms with E-state index in [1.165, 1.54) is 51.4 Å². The zero-order valence-corrected chi connectivity index (χ0v) is 13.4. The van der Waals surface area contributed by atoms with E-state index < -0.39 is 5.97 Å². The van der Waals surface area contributed by atoms with Gasteiger partial charge in [-0.25, -0.2) is 0 Å². The van der Waals surface area contributed by atoms with Gasteiger partial charge in [0.05, 0.1) is 0 Å². The molecular formula is C17H34NO2-. The summed E-state index contributed by atoms with van der Waals surface area (Å²) in [6.45, 7) is 2.99. The van der Waals surface area contributed by atoms with Crippen LogP contribution in [0.2, 0.25) is 0 Å². The minimum atomic E-state index is -0.918. The first-order valence-electron chi connectivity index (χ1n) is 8.60. The molecule has 0 bridgehead atoms. The third-order valence-corrected chi connectivity index (χ3v) is 4.03. The topological polar surface area (TPSA) is 66.2 Å². The van der Waals surface area contributed by atoms with Crippen molar-refractivity contribution < 1.29 is 9.90 Å². The highest BCUT2D eigenvalue weighted by atomic mass is 16.4. The molecule has 0 aliphatic rings. The van der Waals surface area contributed by atoms with E-state index in [2.05, 4.69) is 6.92 Å². The lowest BCUT2D eigenvalue weighted by molar-refractivity contribution is -0.305. The van der Waals surface area contributed by atoms with Crippen molar-refractivity contribution >= 4 is 5.97 Å². The SMILES string of the molecule is CCCCCCCCCC(CCCN)CCCC(=O)[O-]. The van der Waals surface area contributed by atoms with Crippen LogP contribution in [0.25, 0.3) is 0 Å². The fraction of sp³-hybridized carbons (Fsp3) is 0.941. The molecule has 0 aromatic heterocycles. The van der Waals surface area contributed by atoms with Crippen LogP contribution in [0.1, 0.15) is 90.4 Å². The van der Waals surface area contributed by atoms with E-state index in [4.69, 9.17) is 5.73 Å². The predicted molar refractivity (Wildman–Crippen MR) is 83.2 cm³/mol. The molecule has 0 aromatic rings. The summed E-state index contributed by atoms with van der Waals surface area (Å²) in [7, 11) is 0. The molecule has 120 valence electrons. The summed E-state index contributed by atoms with van der Waals surface area (Å²) < 4.78 is 0. The van der Waals surface area contributed by atoms with Crippen molar-refractivity contribution in [1.29, 1.82) is 0 Å². The van der Waals surface area contributed by atoms with Crippen LogP contribution in [0.4, 0.5) is 0 Å². The standard InChI is InChI=1S/C17H35NO2/c1-2-3-4-5-6-7-8-11-16(13-10-15-18)12-9-14-17(19)20/h16H,2-15,18H2,1H3,(H,19,20)/p-1. The van der Waals surface area contributed by atoms with Gasteiger partial charge in [-0.15, -0.1) is 0 Å². The van der Waals surface area contributed by atoms with Crippen LogP contribution < -0.4 is 10.8 Å². The lowest BCUT2D eigenvalue weighted by Gasteiger charge is -2.16. The Kier molecular flexibility index (Phi) is 14.4. The maximum atomic E-state index is 10.4. The normalized spacial score (nSPS) is 12.5. The molecule has 0 heterocycles. The lowest BCUT2D eigenvalue weighted by Crippen LogP contribution is -2.21. The van der Waals surface area contributed by atoms with Crippen molar-refractivity contribution in [3.8, 4) is 0 Å². The van der Waals surface area contributed by atoms with Crippen molar-refractivity contribution in [2.75, 3.05) is 6.54 Å². The van der Waals surface area contributed by atoms with Crippen molar-refractivity contribution in [2.45, 2.75) is 90.4 Å². The first-order valence-corrected chi connectivity index (χ1v) is 8.60. The molecular weight excluding hydrogens is 250 g/mol. The van der Waals surface area contributed by atoms with Gasteiger partial charge in [-0.05, 0) is 38.1 Å². The summed E-state index contributed by atoms with van der Waals surface area (Å²) in [5, 5.41) is 10.4. The van der Waals surface area contributed by atoms with Gasteiger partial charge in [-0.1, -0.05) is 64.7 Å². The van der Waals surface area contributed by atoms with Gasteiger partial charge in [0.25, 0.3) is 0 Å². The van der Waals surface area contributed by atoms with E-state index in [0.29, 0.717) is 5.92 Å². The van der Waals surface area contributed by atoms with Gasteiger partial charge in [0.15, 0.2) is 0 Å². The van der Waals surface area contributed by atoms with E-state index in [9.17, 15) is 9.90 Å². The van der Waals surface area contributed by atoms with Crippen LogP contribution in [0, 0.1) is 5.92 Å². The Bertz CT molecular complexity index is 219. The van der Waals surface area contributed by atoms with E-state index in [0.717, 1.165) is 32.2 Å². The Morgan fingerprint density at radius 3 is 2.05 bits per heavy atom. The number of nitrogens with two attached hydrogens (primary N) is 1. The maximum absolute atomic E-state index is 10.4. The number of hydrogen-bond acceptors (Lipinski definition) is 3. The Hall–Kier alpha value is -0.570. The van der Waals surface area contributed by atoms with Crippen LogP contribution in [0.15, 0.2) is 0 Å². The predicted octanol–water partition coefficient (Wildman–Crippen LogP) is 3.40. The second-order valence-electron chi connectivity index (χ2n) is 5.97. The fourth-order valence-corrected chi connectivity index (χ4v) is 2.76. The first-order chi connectivity index (χ1) is 9.70. The molecule has 1 atom stereocenters. The van der Waals surface area contributed by atoms with Crippen LogP contribution in [-0.2, 0) is 4.79 Å². The number of hydrogen-bond donors (Lipinski definition) is 1. The molecule has 0 fully saturated rings. The van der Waals surface area contributed by atoms with Crippen molar-refractivity contribution in [2.24, 2.45) is 11.7 Å². The number of carbonyl (C=O) groups excluding carboxylic acids is 1. The van der Waals surface area contributed by atoms with E-state index in [-0.39, 0.29) is 6.42 Å². The molecule has 0 rings (SSSR count). The molecule has 0 aliphatic carbocycles. The van der Waals surface area contributed by atoms with Gasteiger partial charge in [-0.2, -0.15) is 0 Å². The van der Waals surface area contributed by atoms with Gasteiger partial charge in [0.1, 0.15) is 0 Å². The molecule has 0 spiro atoms. The molecule has 0 saturated carbocycles. The number of carbonyl (C=O) groups is 1. The molecule has 3 heteroatoms. The summed E-state index contributed by atoms with van der Waals surface area (Å²) in [6, 6.07) is 0. The second kappa shape index (κ2) is 14.8. The van der Waals surface area contributed by atoms with Crippen LogP contribution in [0.3, 0.4) is 0 Å². The summed E-state index contributed by atoms with van der Waals surface area (Å²) >= 11 is 0. The minimum Gasteiger partial charge on any atom is -0.550 e. The molecule has 0 amide bonds. The van der Waals surface area contributed by atoms with Crippen molar-refractivity contribution in [3.05, 3.63) is 0 Å². The van der Waals surface area contributed by atoms with Crippen molar-refractivity contribution in [3.63, 3.8) is 0 Å². The van der Waals surface area contributed by atoms with Gasteiger partial charge in [0.2, 0.25) is 0 Å². The minimum absolute atomic E-state index is 0.205. The number of rotatable bonds is 15. The highest BCUT2D eigenvalue weighted by molar-refractivity contribution is 5.64. The monoisotopic (exact) mass is 284 g/mol. The van der Waals surface area contributed by atoms with E-state index >= 15 is 0 Å². The number of carboxylic acid groups (broad SMARTS) is 1. The Labute approximate surface area is 125 Å². The first kappa shape index (κ1) is 19.4. The molecule has 0 radical (unpaired) electrons. The molecule has 0 saturated heterocycles.